The van der Waals surface area contributed by atoms with Crippen LogP contribution in [0.1, 0.15) is 26.7 Å². The van der Waals surface area contributed by atoms with Gasteiger partial charge in [-0.2, -0.15) is 10.5 Å². The molecule has 0 aliphatic rings. The van der Waals surface area contributed by atoms with Crippen molar-refractivity contribution in [2.24, 2.45) is 0 Å². The fourth-order valence-corrected chi connectivity index (χ4v) is 0.112. The Morgan fingerprint density at radius 2 is 1.40 bits per heavy atom. The lowest BCUT2D eigenvalue weighted by atomic mass is 10.4. The molecule has 0 aromatic carbocycles. The van der Waals surface area contributed by atoms with Crippen LogP contribution in [-0.4, -0.2) is 5.78 Å². The van der Waals surface area contributed by atoms with Gasteiger partial charge in [-0.1, -0.05) is 0 Å². The zero-order chi connectivity index (χ0) is 8.41. The molecule has 0 amide bonds. The molecule has 54 valence electrons. The van der Waals surface area contributed by atoms with Crippen LogP contribution in [0.5, 0.6) is 0 Å². The number of hydrogen-bond donors (Lipinski definition) is 0. The van der Waals surface area contributed by atoms with E-state index in [0.29, 0.717) is 12.8 Å². The Kier molecular flexibility index (Phi) is 12.1. The van der Waals surface area contributed by atoms with Crippen LogP contribution in [-0.2, 0) is 4.79 Å². The standard InChI is InChI=1S/C4H4N2.C3H6O/c5-3-1-2-4-6;1-3(2)4/h1-2H2;1-2H3. The molecule has 0 rings (SSSR count). The van der Waals surface area contributed by atoms with Crippen LogP contribution in [0.15, 0.2) is 0 Å². The third-order valence-corrected chi connectivity index (χ3v) is 0.349. The molecule has 3 nitrogen and oxygen atoms in total. The summed E-state index contributed by atoms with van der Waals surface area (Å²) in [6.45, 7) is 3.06. The highest BCUT2D eigenvalue weighted by molar-refractivity contribution is 5.72. The Morgan fingerprint density at radius 3 is 1.50 bits per heavy atom. The molecule has 0 aliphatic carbocycles. The van der Waals surface area contributed by atoms with E-state index in [0.717, 1.165) is 0 Å². The first-order valence-electron chi connectivity index (χ1n) is 2.86. The lowest BCUT2D eigenvalue weighted by Gasteiger charge is -1.63. The van der Waals surface area contributed by atoms with Crippen molar-refractivity contribution >= 4 is 5.78 Å². The molecule has 0 bridgehead atoms. The average Bonchev–Trinajstić information content (AvgIpc) is 1.82. The number of Topliss-reactive ketones (excluding diaryl/α,β-unsaturated/α-hetero) is 1. The topological polar surface area (TPSA) is 64.7 Å². The van der Waals surface area contributed by atoms with Gasteiger partial charge in [0.25, 0.3) is 0 Å². The zero-order valence-corrected chi connectivity index (χ0v) is 6.22. The lowest BCUT2D eigenvalue weighted by Crippen LogP contribution is -1.69. The summed E-state index contributed by atoms with van der Waals surface area (Å²) < 4.78 is 0. The Morgan fingerprint density at radius 1 is 1.20 bits per heavy atom. The van der Waals surface area contributed by atoms with Gasteiger partial charge in [-0.3, -0.25) is 0 Å². The summed E-state index contributed by atoms with van der Waals surface area (Å²) in [4.78, 5) is 9.44. The van der Waals surface area contributed by atoms with E-state index in [1.54, 1.807) is 0 Å². The molecule has 0 aromatic rings. The van der Waals surface area contributed by atoms with E-state index in [4.69, 9.17) is 10.5 Å². The maximum atomic E-state index is 9.44. The van der Waals surface area contributed by atoms with E-state index in [9.17, 15) is 4.79 Å². The average molecular weight is 138 g/mol. The van der Waals surface area contributed by atoms with Crippen LogP contribution in [0.3, 0.4) is 0 Å². The molecule has 3 heteroatoms. The molecule has 0 unspecified atom stereocenters. The van der Waals surface area contributed by atoms with E-state index in [1.165, 1.54) is 13.8 Å². The number of ketones is 1. The first-order chi connectivity index (χ1) is 4.65. The van der Waals surface area contributed by atoms with Gasteiger partial charge in [0.2, 0.25) is 0 Å². The van der Waals surface area contributed by atoms with Gasteiger partial charge in [-0.15, -0.1) is 0 Å². The van der Waals surface area contributed by atoms with Crippen molar-refractivity contribution in [3.05, 3.63) is 0 Å². The second-order valence-corrected chi connectivity index (χ2v) is 1.72. The minimum absolute atomic E-state index is 0.167. The van der Waals surface area contributed by atoms with Crippen molar-refractivity contribution in [3.8, 4) is 12.1 Å². The number of nitriles is 2. The molecule has 0 heterocycles. The fraction of sp³-hybridized carbons (Fsp3) is 0.571. The zero-order valence-electron chi connectivity index (χ0n) is 6.22. The summed E-state index contributed by atoms with van der Waals surface area (Å²) in [6.07, 6.45) is 0.715. The smallest absolute Gasteiger partial charge is 0.126 e. The maximum absolute atomic E-state index is 9.44. The molecule has 0 radical (unpaired) electrons. The van der Waals surface area contributed by atoms with Gasteiger partial charge in [0.1, 0.15) is 5.78 Å². The monoisotopic (exact) mass is 138 g/mol. The van der Waals surface area contributed by atoms with Gasteiger partial charge < -0.3 is 4.79 Å². The lowest BCUT2D eigenvalue weighted by molar-refractivity contribution is -0.114. The summed E-state index contributed by atoms with van der Waals surface area (Å²) in [5.41, 5.74) is 0. The van der Waals surface area contributed by atoms with Crippen molar-refractivity contribution in [1.29, 1.82) is 10.5 Å². The predicted octanol–water partition coefficient (Wildman–Crippen LogP) is 1.41. The van der Waals surface area contributed by atoms with Crippen molar-refractivity contribution in [2.75, 3.05) is 0 Å². The van der Waals surface area contributed by atoms with Crippen molar-refractivity contribution in [1.82, 2.24) is 0 Å². The third kappa shape index (κ3) is 78.0. The molecule has 0 spiro atoms. The Labute approximate surface area is 60.9 Å². The number of unbranched alkanes of at least 4 members (excludes halogenated alkanes) is 1. The highest BCUT2D eigenvalue weighted by atomic mass is 16.1. The van der Waals surface area contributed by atoms with E-state index in [2.05, 4.69) is 0 Å². The Balaban J connectivity index is 0. The molecule has 0 saturated heterocycles. The van der Waals surface area contributed by atoms with Gasteiger partial charge in [-0.25, -0.2) is 0 Å². The van der Waals surface area contributed by atoms with Crippen LogP contribution < -0.4 is 0 Å². The highest BCUT2D eigenvalue weighted by Crippen LogP contribution is 1.78. The number of nitrogens with zero attached hydrogens (tertiary/aromatic N) is 2. The normalized spacial score (nSPS) is 6.00. The van der Waals surface area contributed by atoms with Crippen molar-refractivity contribution in [2.45, 2.75) is 26.7 Å². The van der Waals surface area contributed by atoms with Gasteiger partial charge in [0, 0.05) is 12.8 Å². The first-order valence-corrected chi connectivity index (χ1v) is 2.86. The van der Waals surface area contributed by atoms with Crippen molar-refractivity contribution in [3.63, 3.8) is 0 Å². The van der Waals surface area contributed by atoms with Crippen LogP contribution in [0.2, 0.25) is 0 Å². The molecule has 0 fully saturated rings. The third-order valence-electron chi connectivity index (χ3n) is 0.349. The second kappa shape index (κ2) is 10.6. The van der Waals surface area contributed by atoms with Crippen LogP contribution in [0, 0.1) is 22.7 Å². The Hall–Kier alpha value is -1.35. The minimum Gasteiger partial charge on any atom is -0.300 e. The number of hydrogen-bond acceptors (Lipinski definition) is 3. The fourth-order valence-electron chi connectivity index (χ4n) is 0.112. The van der Waals surface area contributed by atoms with Gasteiger partial charge in [-0.05, 0) is 13.8 Å². The molecule has 0 N–H and O–H groups in total. The van der Waals surface area contributed by atoms with Crippen molar-refractivity contribution < 1.29 is 4.79 Å². The quantitative estimate of drug-likeness (QED) is 0.514. The summed E-state index contributed by atoms with van der Waals surface area (Å²) in [5, 5.41) is 15.6. The Bertz CT molecular complexity index is 143. The van der Waals surface area contributed by atoms with E-state index < -0.39 is 0 Å². The number of rotatable bonds is 1. The molecular weight excluding hydrogens is 128 g/mol. The van der Waals surface area contributed by atoms with Crippen LogP contribution in [0.4, 0.5) is 0 Å². The van der Waals surface area contributed by atoms with Gasteiger partial charge in [0.15, 0.2) is 0 Å². The predicted molar refractivity (Wildman–Crippen MR) is 36.8 cm³/mol. The summed E-state index contributed by atoms with van der Waals surface area (Å²) in [5.74, 6) is 0.167. The van der Waals surface area contributed by atoms with Crippen LogP contribution >= 0.6 is 0 Å². The van der Waals surface area contributed by atoms with E-state index >= 15 is 0 Å². The molecule has 10 heavy (non-hydrogen) atoms. The maximum Gasteiger partial charge on any atom is 0.126 e. The highest BCUT2D eigenvalue weighted by Gasteiger charge is 1.72. The second-order valence-electron chi connectivity index (χ2n) is 1.72. The van der Waals surface area contributed by atoms with Gasteiger partial charge in [0.05, 0.1) is 12.1 Å². The van der Waals surface area contributed by atoms with Gasteiger partial charge >= 0.3 is 0 Å². The molecule has 0 aromatic heterocycles. The number of carbonyl (C=O) groups is 1. The largest absolute Gasteiger partial charge is 0.300 e. The van der Waals surface area contributed by atoms with Crippen LogP contribution in [0.25, 0.3) is 0 Å². The van der Waals surface area contributed by atoms with E-state index in [1.807, 2.05) is 12.1 Å². The summed E-state index contributed by atoms with van der Waals surface area (Å²) in [6, 6.07) is 3.69. The summed E-state index contributed by atoms with van der Waals surface area (Å²) >= 11 is 0. The minimum atomic E-state index is 0.167. The first kappa shape index (κ1) is 11.4. The molecule has 0 aliphatic heterocycles. The number of carbonyl (C=O) groups excluding carboxylic acids is 1. The molecule has 0 atom stereocenters. The van der Waals surface area contributed by atoms with E-state index in [-0.39, 0.29) is 5.78 Å². The SMILES string of the molecule is CC(C)=O.N#CCCC#N. The molecule has 0 saturated carbocycles. The molecular formula is C7H10N2O. The summed E-state index contributed by atoms with van der Waals surface area (Å²) in [7, 11) is 0.